The quantitative estimate of drug-likeness (QED) is 0.759. The van der Waals surface area contributed by atoms with Crippen LogP contribution in [-0.4, -0.2) is 24.0 Å². The Balaban J connectivity index is 2.27. The second kappa shape index (κ2) is 3.76. The molecule has 0 aromatic carbocycles. The number of aromatic nitrogens is 1. The third-order valence-electron chi connectivity index (χ3n) is 2.21. The van der Waals surface area contributed by atoms with E-state index in [9.17, 15) is 4.79 Å². The number of nitrogens with zero attached hydrogens (tertiary/aromatic N) is 1. The zero-order valence-electron chi connectivity index (χ0n) is 8.49. The third-order valence-corrected chi connectivity index (χ3v) is 2.21. The Bertz CT molecular complexity index is 388. The van der Waals surface area contributed by atoms with Crippen LogP contribution in [0.4, 0.5) is 5.69 Å². The molecule has 0 saturated heterocycles. The van der Waals surface area contributed by atoms with Crippen LogP contribution >= 0.6 is 0 Å². The molecule has 1 aliphatic rings. The number of carbonyl (C=O) groups is 1. The van der Waals surface area contributed by atoms with Crippen LogP contribution in [0, 0.1) is 0 Å². The maximum Gasteiger partial charge on any atom is 0.271 e. The Kier molecular flexibility index (Phi) is 2.45. The normalized spacial score (nSPS) is 14.7. The van der Waals surface area contributed by atoms with Gasteiger partial charge in [0.25, 0.3) is 5.91 Å². The summed E-state index contributed by atoms with van der Waals surface area (Å²) < 4.78 is 5.55. The van der Waals surface area contributed by atoms with E-state index in [1.54, 1.807) is 6.07 Å². The van der Waals surface area contributed by atoms with E-state index in [1.807, 2.05) is 0 Å². The van der Waals surface area contributed by atoms with E-state index >= 15 is 0 Å². The first-order chi connectivity index (χ1) is 7.22. The number of carbonyl (C=O) groups excluding carboxylic acids is 1. The van der Waals surface area contributed by atoms with Gasteiger partial charge >= 0.3 is 0 Å². The summed E-state index contributed by atoms with van der Waals surface area (Å²) in [6.45, 7) is 0. The van der Waals surface area contributed by atoms with Crippen molar-refractivity contribution in [3.05, 3.63) is 18.0 Å². The zero-order chi connectivity index (χ0) is 10.8. The smallest absolute Gasteiger partial charge is 0.271 e. The van der Waals surface area contributed by atoms with Gasteiger partial charge in [0.1, 0.15) is 11.4 Å². The molecule has 0 atom stereocenters. The summed E-state index contributed by atoms with van der Waals surface area (Å²) in [5, 5.41) is 2.48. The molecule has 5 nitrogen and oxygen atoms in total. The van der Waals surface area contributed by atoms with Crippen molar-refractivity contribution in [1.82, 2.24) is 10.3 Å². The number of ether oxygens (including phenoxy) is 1. The fourth-order valence-corrected chi connectivity index (χ4v) is 1.22. The molecule has 1 aromatic heterocycles. The average Bonchev–Trinajstić information content (AvgIpc) is 3.04. The molecule has 0 spiro atoms. The first-order valence-corrected chi connectivity index (χ1v) is 4.85. The number of hydrogen-bond acceptors (Lipinski definition) is 4. The Morgan fingerprint density at radius 3 is 3.00 bits per heavy atom. The minimum Gasteiger partial charge on any atom is -0.488 e. The number of amides is 1. The van der Waals surface area contributed by atoms with E-state index in [1.165, 1.54) is 13.2 Å². The highest BCUT2D eigenvalue weighted by atomic mass is 16.5. The molecule has 15 heavy (non-hydrogen) atoms. The molecule has 1 amide bonds. The van der Waals surface area contributed by atoms with Crippen LogP contribution in [0.5, 0.6) is 5.75 Å². The van der Waals surface area contributed by atoms with E-state index < -0.39 is 0 Å². The lowest BCUT2D eigenvalue weighted by Crippen LogP contribution is -2.21. The van der Waals surface area contributed by atoms with E-state index in [2.05, 4.69) is 10.3 Å². The molecule has 1 fully saturated rings. The van der Waals surface area contributed by atoms with Gasteiger partial charge in [-0.25, -0.2) is 4.98 Å². The second-order valence-electron chi connectivity index (χ2n) is 3.47. The summed E-state index contributed by atoms with van der Waals surface area (Å²) in [5.41, 5.74) is 6.31. The van der Waals surface area contributed by atoms with Crippen molar-refractivity contribution in [1.29, 1.82) is 0 Å². The highest BCUT2D eigenvalue weighted by Crippen LogP contribution is 2.31. The van der Waals surface area contributed by atoms with Gasteiger partial charge in [-0.15, -0.1) is 0 Å². The average molecular weight is 207 g/mol. The third kappa shape index (κ3) is 2.01. The molecule has 0 radical (unpaired) electrons. The number of rotatable bonds is 3. The van der Waals surface area contributed by atoms with Crippen molar-refractivity contribution >= 4 is 11.6 Å². The summed E-state index contributed by atoms with van der Waals surface area (Å²) in [6.07, 6.45) is 3.89. The van der Waals surface area contributed by atoms with Gasteiger partial charge in [0, 0.05) is 19.3 Å². The summed E-state index contributed by atoms with van der Waals surface area (Å²) in [4.78, 5) is 15.3. The molecule has 0 unspecified atom stereocenters. The first-order valence-electron chi connectivity index (χ1n) is 4.85. The highest BCUT2D eigenvalue weighted by molar-refractivity contribution is 5.98. The Labute approximate surface area is 87.6 Å². The van der Waals surface area contributed by atoms with Crippen LogP contribution in [0.1, 0.15) is 23.3 Å². The molecule has 0 aliphatic heterocycles. The van der Waals surface area contributed by atoms with Crippen molar-refractivity contribution in [2.45, 2.75) is 18.9 Å². The van der Waals surface area contributed by atoms with Crippen LogP contribution in [0.15, 0.2) is 12.3 Å². The maximum absolute atomic E-state index is 11.4. The molecule has 1 saturated carbocycles. The van der Waals surface area contributed by atoms with E-state index in [0.717, 1.165) is 12.8 Å². The van der Waals surface area contributed by atoms with Crippen LogP contribution in [0.2, 0.25) is 0 Å². The number of hydrogen-bond donors (Lipinski definition) is 2. The lowest BCUT2D eigenvalue weighted by molar-refractivity contribution is 0.0958. The van der Waals surface area contributed by atoms with Gasteiger partial charge in [0.15, 0.2) is 5.69 Å². The minimum atomic E-state index is -0.297. The van der Waals surface area contributed by atoms with Crippen molar-refractivity contribution in [2.75, 3.05) is 12.8 Å². The molecule has 1 aromatic rings. The van der Waals surface area contributed by atoms with E-state index in [0.29, 0.717) is 11.4 Å². The minimum absolute atomic E-state index is 0.218. The molecule has 1 heterocycles. The van der Waals surface area contributed by atoms with Gasteiger partial charge in [-0.2, -0.15) is 0 Å². The fraction of sp³-hybridized carbons (Fsp3) is 0.400. The summed E-state index contributed by atoms with van der Waals surface area (Å²) in [6, 6.07) is 1.68. The Morgan fingerprint density at radius 2 is 2.40 bits per heavy atom. The van der Waals surface area contributed by atoms with Gasteiger partial charge < -0.3 is 15.8 Å². The zero-order valence-corrected chi connectivity index (χ0v) is 8.49. The monoisotopic (exact) mass is 207 g/mol. The van der Waals surface area contributed by atoms with Crippen molar-refractivity contribution < 1.29 is 9.53 Å². The predicted octanol–water partition coefficient (Wildman–Crippen LogP) is 0.565. The fourth-order valence-electron chi connectivity index (χ4n) is 1.22. The maximum atomic E-state index is 11.4. The van der Waals surface area contributed by atoms with Crippen LogP contribution in [-0.2, 0) is 0 Å². The highest BCUT2D eigenvalue weighted by Gasteiger charge is 2.25. The Hall–Kier alpha value is -1.78. The molecular weight excluding hydrogens is 194 g/mol. The number of nitrogens with one attached hydrogen (secondary N) is 1. The van der Waals surface area contributed by atoms with E-state index in [4.69, 9.17) is 10.5 Å². The molecule has 2 rings (SSSR count). The Morgan fingerprint density at radius 1 is 1.67 bits per heavy atom. The standard InChI is InChI=1S/C10H13N3O2/c1-12-10(14)9-8(11)7(4-5-13-9)15-6-2-3-6/h4-6H,2-3,11H2,1H3,(H,12,14). The van der Waals surface area contributed by atoms with Crippen molar-refractivity contribution in [3.8, 4) is 5.75 Å². The molecule has 5 heteroatoms. The first kappa shape index (κ1) is 9.76. The summed E-state index contributed by atoms with van der Waals surface area (Å²) >= 11 is 0. The number of nitrogen functional groups attached to an aromatic ring is 1. The molecule has 1 aliphatic carbocycles. The van der Waals surface area contributed by atoms with Crippen LogP contribution in [0.3, 0.4) is 0 Å². The molecule has 0 bridgehead atoms. The van der Waals surface area contributed by atoms with Gasteiger partial charge in [-0.1, -0.05) is 0 Å². The lowest BCUT2D eigenvalue weighted by Gasteiger charge is -2.09. The number of nitrogens with two attached hydrogens (primary N) is 1. The number of pyridine rings is 1. The van der Waals surface area contributed by atoms with Gasteiger partial charge in [-0.3, -0.25) is 4.79 Å². The predicted molar refractivity (Wildman–Crippen MR) is 55.7 cm³/mol. The van der Waals surface area contributed by atoms with Crippen molar-refractivity contribution in [2.24, 2.45) is 0 Å². The second-order valence-corrected chi connectivity index (χ2v) is 3.47. The summed E-state index contributed by atoms with van der Waals surface area (Å²) in [7, 11) is 1.54. The molecular formula is C10H13N3O2. The lowest BCUT2D eigenvalue weighted by atomic mass is 10.2. The molecule has 3 N–H and O–H groups in total. The van der Waals surface area contributed by atoms with Crippen LogP contribution in [0.25, 0.3) is 0 Å². The van der Waals surface area contributed by atoms with E-state index in [-0.39, 0.29) is 17.7 Å². The number of anilines is 1. The topological polar surface area (TPSA) is 77.2 Å². The van der Waals surface area contributed by atoms with Gasteiger partial charge in [0.2, 0.25) is 0 Å². The molecule has 80 valence electrons. The van der Waals surface area contributed by atoms with Crippen LogP contribution < -0.4 is 15.8 Å². The van der Waals surface area contributed by atoms with Crippen molar-refractivity contribution in [3.63, 3.8) is 0 Å². The van der Waals surface area contributed by atoms with Gasteiger partial charge in [-0.05, 0) is 12.8 Å². The summed E-state index contributed by atoms with van der Waals surface area (Å²) in [5.74, 6) is 0.250. The van der Waals surface area contributed by atoms with Gasteiger partial charge in [0.05, 0.1) is 6.10 Å². The largest absolute Gasteiger partial charge is 0.488 e. The SMILES string of the molecule is CNC(=O)c1nccc(OC2CC2)c1N.